The van der Waals surface area contributed by atoms with Gasteiger partial charge in [0.15, 0.2) is 0 Å². The average Bonchev–Trinajstić information content (AvgIpc) is 1.94. The second-order valence-corrected chi connectivity index (χ2v) is 4.53. The van der Waals surface area contributed by atoms with E-state index in [4.69, 9.17) is 0 Å². The van der Waals surface area contributed by atoms with Crippen molar-refractivity contribution in [3.05, 3.63) is 0 Å². The van der Waals surface area contributed by atoms with Gasteiger partial charge >= 0.3 is 0 Å². The lowest BCUT2D eigenvalue weighted by atomic mass is 9.86. The summed E-state index contributed by atoms with van der Waals surface area (Å²) in [6, 6.07) is 0. The average molecular weight is 205 g/mol. The Morgan fingerprint density at radius 2 is 2.00 bits per heavy atom. The summed E-state index contributed by atoms with van der Waals surface area (Å²) >= 11 is 3.76. The molecular weight excluding hydrogens is 188 g/mol. The first-order valence-corrected chi connectivity index (χ1v) is 5.40. The molecule has 0 N–H and O–H groups in total. The molecule has 1 rings (SSSR count). The van der Waals surface area contributed by atoms with Crippen molar-refractivity contribution in [3.63, 3.8) is 0 Å². The largest absolute Gasteiger partial charge is 0.0888 e. The Labute approximate surface area is 72.5 Å². The molecule has 0 spiro atoms. The molecule has 1 heteroatoms. The molecule has 60 valence electrons. The lowest BCUT2D eigenvalue weighted by molar-refractivity contribution is 0.352. The normalized spacial score (nSPS) is 34.2. The maximum absolute atomic E-state index is 3.76. The molecule has 1 aliphatic rings. The lowest BCUT2D eigenvalue weighted by Crippen LogP contribution is -2.18. The summed E-state index contributed by atoms with van der Waals surface area (Å²) in [5, 5.41) is 0. The van der Waals surface area contributed by atoms with Gasteiger partial charge in [0.1, 0.15) is 0 Å². The molecule has 0 heterocycles. The predicted molar refractivity (Wildman–Crippen MR) is 49.6 cm³/mol. The topological polar surface area (TPSA) is 0 Å². The van der Waals surface area contributed by atoms with Crippen LogP contribution in [0.3, 0.4) is 0 Å². The molecule has 10 heavy (non-hydrogen) atoms. The van der Waals surface area contributed by atoms with Gasteiger partial charge in [-0.25, -0.2) is 0 Å². The van der Waals surface area contributed by atoms with E-state index >= 15 is 0 Å². The lowest BCUT2D eigenvalue weighted by Gasteiger charge is -2.26. The summed E-state index contributed by atoms with van der Waals surface area (Å²) in [6.45, 7) is 2.29. The van der Waals surface area contributed by atoms with Crippen molar-refractivity contribution < 1.29 is 0 Å². The molecule has 2 atom stereocenters. The maximum atomic E-state index is 3.76. The van der Waals surface area contributed by atoms with Crippen molar-refractivity contribution in [3.8, 4) is 0 Å². The van der Waals surface area contributed by atoms with Crippen molar-refractivity contribution in [1.29, 1.82) is 0 Å². The van der Waals surface area contributed by atoms with Crippen LogP contribution < -0.4 is 0 Å². The van der Waals surface area contributed by atoms with Gasteiger partial charge in [-0.05, 0) is 25.2 Å². The highest BCUT2D eigenvalue weighted by atomic mass is 79.9. The molecule has 0 aromatic rings. The van der Waals surface area contributed by atoms with E-state index in [9.17, 15) is 0 Å². The van der Waals surface area contributed by atoms with Crippen LogP contribution in [0.25, 0.3) is 0 Å². The highest BCUT2D eigenvalue weighted by molar-refractivity contribution is 9.09. The molecule has 0 aromatic carbocycles. The zero-order chi connectivity index (χ0) is 7.40. The smallest absolute Gasteiger partial charge is 0.0174 e. The zero-order valence-electron chi connectivity index (χ0n) is 6.78. The molecule has 0 aliphatic heterocycles. The van der Waals surface area contributed by atoms with E-state index in [0.717, 1.165) is 10.7 Å². The Morgan fingerprint density at radius 3 is 2.60 bits per heavy atom. The standard InChI is InChI=1S/C9H17Br/c1-2-5-8-6-3-4-7-9(8)10/h8-9H,2-7H2,1H3/t8-,9+/m1/s1. The number of alkyl halides is 1. The van der Waals surface area contributed by atoms with Gasteiger partial charge < -0.3 is 0 Å². The third-order valence-electron chi connectivity index (χ3n) is 2.48. The predicted octanol–water partition coefficient (Wildman–Crippen LogP) is 3.74. The zero-order valence-corrected chi connectivity index (χ0v) is 8.36. The molecule has 0 unspecified atom stereocenters. The maximum Gasteiger partial charge on any atom is 0.0174 e. The first kappa shape index (κ1) is 8.58. The van der Waals surface area contributed by atoms with Gasteiger partial charge in [0.2, 0.25) is 0 Å². The number of halogens is 1. The van der Waals surface area contributed by atoms with Crippen LogP contribution >= 0.6 is 15.9 Å². The Morgan fingerprint density at radius 1 is 1.30 bits per heavy atom. The minimum atomic E-state index is 0.834. The van der Waals surface area contributed by atoms with Crippen molar-refractivity contribution in [2.45, 2.75) is 50.3 Å². The van der Waals surface area contributed by atoms with Gasteiger partial charge in [0.05, 0.1) is 0 Å². The van der Waals surface area contributed by atoms with Crippen LogP contribution in [0.4, 0.5) is 0 Å². The Hall–Kier alpha value is 0.480. The van der Waals surface area contributed by atoms with Crippen LogP contribution in [-0.2, 0) is 0 Å². The van der Waals surface area contributed by atoms with Crippen molar-refractivity contribution in [2.75, 3.05) is 0 Å². The first-order valence-electron chi connectivity index (χ1n) is 4.48. The highest BCUT2D eigenvalue weighted by Gasteiger charge is 2.21. The molecular formula is C9H17Br. The monoisotopic (exact) mass is 204 g/mol. The van der Waals surface area contributed by atoms with Crippen molar-refractivity contribution >= 4 is 15.9 Å². The Kier molecular flexibility index (Phi) is 3.75. The van der Waals surface area contributed by atoms with Crippen LogP contribution in [0.5, 0.6) is 0 Å². The van der Waals surface area contributed by atoms with E-state index in [1.165, 1.54) is 38.5 Å². The fourth-order valence-electron chi connectivity index (χ4n) is 1.86. The van der Waals surface area contributed by atoms with Crippen LogP contribution in [0.15, 0.2) is 0 Å². The second kappa shape index (κ2) is 4.38. The van der Waals surface area contributed by atoms with Gasteiger partial charge in [-0.15, -0.1) is 0 Å². The second-order valence-electron chi connectivity index (χ2n) is 3.35. The number of hydrogen-bond acceptors (Lipinski definition) is 0. The van der Waals surface area contributed by atoms with Gasteiger partial charge in [-0.3, -0.25) is 0 Å². The van der Waals surface area contributed by atoms with E-state index in [-0.39, 0.29) is 0 Å². The summed E-state index contributed by atoms with van der Waals surface area (Å²) < 4.78 is 0. The van der Waals surface area contributed by atoms with Crippen LogP contribution in [0, 0.1) is 5.92 Å². The minimum absolute atomic E-state index is 0.834. The fraction of sp³-hybridized carbons (Fsp3) is 1.00. The molecule has 1 aliphatic carbocycles. The van der Waals surface area contributed by atoms with Gasteiger partial charge in [0.25, 0.3) is 0 Å². The van der Waals surface area contributed by atoms with Gasteiger partial charge in [-0.1, -0.05) is 42.1 Å². The quantitative estimate of drug-likeness (QED) is 0.602. The van der Waals surface area contributed by atoms with Crippen molar-refractivity contribution in [2.24, 2.45) is 5.92 Å². The SMILES string of the molecule is CCC[C@@H]1CCCC[C@@H]1Br. The molecule has 0 bridgehead atoms. The van der Waals surface area contributed by atoms with Crippen LogP contribution in [0.1, 0.15) is 45.4 Å². The van der Waals surface area contributed by atoms with Crippen LogP contribution in [-0.4, -0.2) is 4.83 Å². The number of hydrogen-bond donors (Lipinski definition) is 0. The molecule has 0 aromatic heterocycles. The molecule has 0 nitrogen and oxygen atoms in total. The Balaban J connectivity index is 2.25. The first-order chi connectivity index (χ1) is 4.84. The van der Waals surface area contributed by atoms with Crippen molar-refractivity contribution in [1.82, 2.24) is 0 Å². The molecule has 1 fully saturated rings. The molecule has 0 radical (unpaired) electrons. The molecule has 0 saturated heterocycles. The van der Waals surface area contributed by atoms with Crippen LogP contribution in [0.2, 0.25) is 0 Å². The Bertz CT molecular complexity index is 88.7. The summed E-state index contributed by atoms with van der Waals surface area (Å²) in [5.41, 5.74) is 0. The summed E-state index contributed by atoms with van der Waals surface area (Å²) in [6.07, 6.45) is 8.56. The summed E-state index contributed by atoms with van der Waals surface area (Å²) in [4.78, 5) is 0.834. The summed E-state index contributed by atoms with van der Waals surface area (Å²) in [5.74, 6) is 0.985. The minimum Gasteiger partial charge on any atom is -0.0888 e. The van der Waals surface area contributed by atoms with Gasteiger partial charge in [0, 0.05) is 4.83 Å². The van der Waals surface area contributed by atoms with E-state index in [1.807, 2.05) is 0 Å². The third-order valence-corrected chi connectivity index (χ3v) is 3.68. The van der Waals surface area contributed by atoms with Gasteiger partial charge in [-0.2, -0.15) is 0 Å². The van der Waals surface area contributed by atoms with E-state index in [1.54, 1.807) is 0 Å². The molecule has 0 amide bonds. The number of rotatable bonds is 2. The van der Waals surface area contributed by atoms with E-state index < -0.39 is 0 Å². The summed E-state index contributed by atoms with van der Waals surface area (Å²) in [7, 11) is 0. The highest BCUT2D eigenvalue weighted by Crippen LogP contribution is 2.32. The van der Waals surface area contributed by atoms with E-state index in [0.29, 0.717) is 0 Å². The third kappa shape index (κ3) is 2.26. The fourth-order valence-corrected chi connectivity index (χ4v) is 2.71. The van der Waals surface area contributed by atoms with E-state index in [2.05, 4.69) is 22.9 Å². The molecule has 1 saturated carbocycles.